The van der Waals surface area contributed by atoms with E-state index in [0.717, 1.165) is 42.9 Å². The lowest BCUT2D eigenvalue weighted by atomic mass is 9.96. The minimum atomic E-state index is 0.266. The maximum atomic E-state index is 12.7. The van der Waals surface area contributed by atoms with Crippen molar-refractivity contribution in [2.45, 2.75) is 40.7 Å². The molecule has 21 heavy (non-hydrogen) atoms. The average Bonchev–Trinajstić information content (AvgIpc) is 2.37. The van der Waals surface area contributed by atoms with E-state index in [4.69, 9.17) is 0 Å². The van der Waals surface area contributed by atoms with Crippen LogP contribution in [0, 0.1) is 20.8 Å². The maximum Gasteiger partial charge on any atom is 0.177 e. The number of carbonyl (C=O) groups is 1. The second-order valence-corrected chi connectivity index (χ2v) is 6.41. The Kier molecular flexibility index (Phi) is 5.17. The molecule has 0 amide bonds. The van der Waals surface area contributed by atoms with E-state index in [-0.39, 0.29) is 5.78 Å². The van der Waals surface area contributed by atoms with E-state index in [9.17, 15) is 4.79 Å². The summed E-state index contributed by atoms with van der Waals surface area (Å²) in [5, 5.41) is 0. The number of hydrogen-bond donors (Lipinski definition) is 0. The molecule has 1 fully saturated rings. The van der Waals surface area contributed by atoms with Gasteiger partial charge in [0.25, 0.3) is 0 Å². The van der Waals surface area contributed by atoms with Gasteiger partial charge in [-0.1, -0.05) is 24.6 Å². The lowest BCUT2D eigenvalue weighted by molar-refractivity contribution is 0.0722. The maximum absolute atomic E-state index is 12.7. The van der Waals surface area contributed by atoms with Crippen LogP contribution in [0.3, 0.4) is 0 Å². The molecule has 1 aromatic carbocycles. The molecule has 1 atom stereocenters. The van der Waals surface area contributed by atoms with Crippen molar-refractivity contribution in [2.24, 2.45) is 0 Å². The van der Waals surface area contributed by atoms with Crippen LogP contribution in [0.5, 0.6) is 0 Å². The first-order chi connectivity index (χ1) is 9.92. The summed E-state index contributed by atoms with van der Waals surface area (Å²) in [6.45, 7) is 15.3. The van der Waals surface area contributed by atoms with E-state index in [1.807, 2.05) is 13.8 Å². The SMILES string of the molecule is CCN1CCN(CC(=O)c2c(C)cc(C)cc2C)CC1C. The van der Waals surface area contributed by atoms with Gasteiger partial charge in [-0.15, -0.1) is 0 Å². The Morgan fingerprint density at radius 1 is 1.19 bits per heavy atom. The van der Waals surface area contributed by atoms with E-state index in [0.29, 0.717) is 12.6 Å². The first kappa shape index (κ1) is 16.2. The van der Waals surface area contributed by atoms with Crippen molar-refractivity contribution in [1.29, 1.82) is 0 Å². The smallest absolute Gasteiger partial charge is 0.177 e. The van der Waals surface area contributed by atoms with Crippen LogP contribution in [-0.4, -0.2) is 54.3 Å². The van der Waals surface area contributed by atoms with Crippen LogP contribution in [0.15, 0.2) is 12.1 Å². The standard InChI is InChI=1S/C18H28N2O/c1-6-20-8-7-19(11-16(20)5)12-17(21)18-14(3)9-13(2)10-15(18)4/h9-10,16H,6-8,11-12H2,1-5H3. The molecule has 0 radical (unpaired) electrons. The zero-order valence-electron chi connectivity index (χ0n) is 14.1. The van der Waals surface area contributed by atoms with Gasteiger partial charge < -0.3 is 0 Å². The van der Waals surface area contributed by atoms with E-state index in [2.05, 4.69) is 42.7 Å². The number of aryl methyl sites for hydroxylation is 3. The average molecular weight is 288 g/mol. The Hall–Kier alpha value is -1.19. The molecule has 0 saturated carbocycles. The number of piperazine rings is 1. The molecule has 0 aliphatic carbocycles. The van der Waals surface area contributed by atoms with Crippen molar-refractivity contribution in [3.05, 3.63) is 34.4 Å². The number of nitrogens with zero attached hydrogens (tertiary/aromatic N) is 2. The van der Waals surface area contributed by atoms with Gasteiger partial charge in [0, 0.05) is 31.2 Å². The summed E-state index contributed by atoms with van der Waals surface area (Å²) in [6.07, 6.45) is 0. The van der Waals surface area contributed by atoms with Crippen molar-refractivity contribution in [3.63, 3.8) is 0 Å². The van der Waals surface area contributed by atoms with E-state index in [1.165, 1.54) is 5.56 Å². The van der Waals surface area contributed by atoms with Crippen molar-refractivity contribution in [3.8, 4) is 0 Å². The minimum Gasteiger partial charge on any atom is -0.298 e. The summed E-state index contributed by atoms with van der Waals surface area (Å²) in [4.78, 5) is 17.4. The zero-order chi connectivity index (χ0) is 15.6. The van der Waals surface area contributed by atoms with Crippen LogP contribution < -0.4 is 0 Å². The third kappa shape index (κ3) is 3.72. The first-order valence-electron chi connectivity index (χ1n) is 7.99. The highest BCUT2D eigenvalue weighted by atomic mass is 16.1. The van der Waals surface area contributed by atoms with Crippen molar-refractivity contribution in [2.75, 3.05) is 32.7 Å². The molecule has 0 spiro atoms. The normalized spacial score (nSPS) is 20.7. The molecule has 1 aliphatic heterocycles. The van der Waals surface area contributed by atoms with Crippen LogP contribution >= 0.6 is 0 Å². The molecule has 2 rings (SSSR count). The topological polar surface area (TPSA) is 23.6 Å². The van der Waals surface area contributed by atoms with Crippen LogP contribution in [0.2, 0.25) is 0 Å². The molecule has 1 aliphatic rings. The highest BCUT2D eigenvalue weighted by molar-refractivity contribution is 6.00. The first-order valence-corrected chi connectivity index (χ1v) is 7.99. The van der Waals surface area contributed by atoms with Crippen molar-refractivity contribution < 1.29 is 4.79 Å². The van der Waals surface area contributed by atoms with Gasteiger partial charge in [-0.25, -0.2) is 0 Å². The van der Waals surface area contributed by atoms with Gasteiger partial charge >= 0.3 is 0 Å². The highest BCUT2D eigenvalue weighted by Gasteiger charge is 2.24. The van der Waals surface area contributed by atoms with Crippen LogP contribution in [0.25, 0.3) is 0 Å². The summed E-state index contributed by atoms with van der Waals surface area (Å²) in [6, 6.07) is 4.76. The largest absolute Gasteiger partial charge is 0.298 e. The number of Topliss-reactive ketones (excluding diaryl/α,β-unsaturated/α-hetero) is 1. The highest BCUT2D eigenvalue weighted by Crippen LogP contribution is 2.18. The molecule has 0 bridgehead atoms. The molecule has 116 valence electrons. The Bertz CT molecular complexity index is 501. The molecule has 1 aromatic rings. The molecule has 1 heterocycles. The fraction of sp³-hybridized carbons (Fsp3) is 0.611. The second kappa shape index (κ2) is 6.71. The molecule has 0 N–H and O–H groups in total. The second-order valence-electron chi connectivity index (χ2n) is 6.41. The van der Waals surface area contributed by atoms with Gasteiger partial charge in [-0.05, 0) is 45.4 Å². The third-order valence-electron chi connectivity index (χ3n) is 4.58. The summed E-state index contributed by atoms with van der Waals surface area (Å²) in [5.74, 6) is 0.266. The fourth-order valence-corrected chi connectivity index (χ4v) is 3.59. The van der Waals surface area contributed by atoms with Crippen LogP contribution in [0.4, 0.5) is 0 Å². The quantitative estimate of drug-likeness (QED) is 0.796. The molecule has 0 aromatic heterocycles. The van der Waals surface area contributed by atoms with E-state index in [1.54, 1.807) is 0 Å². The van der Waals surface area contributed by atoms with Crippen LogP contribution in [-0.2, 0) is 0 Å². The molecular weight excluding hydrogens is 260 g/mol. The molecule has 1 unspecified atom stereocenters. The summed E-state index contributed by atoms with van der Waals surface area (Å²) in [5.41, 5.74) is 4.37. The predicted molar refractivity (Wildman–Crippen MR) is 88.1 cm³/mol. The summed E-state index contributed by atoms with van der Waals surface area (Å²) < 4.78 is 0. The van der Waals surface area contributed by atoms with Gasteiger partial charge in [0.1, 0.15) is 0 Å². The van der Waals surface area contributed by atoms with Gasteiger partial charge in [0.15, 0.2) is 5.78 Å². The van der Waals surface area contributed by atoms with Gasteiger partial charge in [-0.2, -0.15) is 0 Å². The Morgan fingerprint density at radius 3 is 2.33 bits per heavy atom. The lowest BCUT2D eigenvalue weighted by Crippen LogP contribution is -2.52. The van der Waals surface area contributed by atoms with Crippen LogP contribution in [0.1, 0.15) is 40.9 Å². The molecular formula is C18H28N2O. The summed E-state index contributed by atoms with van der Waals surface area (Å²) >= 11 is 0. The van der Waals surface area contributed by atoms with E-state index < -0.39 is 0 Å². The predicted octanol–water partition coefficient (Wildman–Crippen LogP) is 2.82. The van der Waals surface area contributed by atoms with Crippen molar-refractivity contribution >= 4 is 5.78 Å². The monoisotopic (exact) mass is 288 g/mol. The number of carbonyl (C=O) groups excluding carboxylic acids is 1. The molecule has 3 heteroatoms. The fourth-order valence-electron chi connectivity index (χ4n) is 3.59. The summed E-state index contributed by atoms with van der Waals surface area (Å²) in [7, 11) is 0. The minimum absolute atomic E-state index is 0.266. The van der Waals surface area contributed by atoms with Gasteiger partial charge in [0.2, 0.25) is 0 Å². The number of likely N-dealkylation sites (N-methyl/N-ethyl adjacent to an activating group) is 1. The number of rotatable bonds is 4. The molecule has 1 saturated heterocycles. The zero-order valence-corrected chi connectivity index (χ0v) is 14.1. The lowest BCUT2D eigenvalue weighted by Gasteiger charge is -2.39. The Labute approximate surface area is 128 Å². The Morgan fingerprint density at radius 2 is 1.81 bits per heavy atom. The Balaban J connectivity index is 2.06. The number of benzene rings is 1. The van der Waals surface area contributed by atoms with Crippen molar-refractivity contribution in [1.82, 2.24) is 9.80 Å². The third-order valence-corrected chi connectivity index (χ3v) is 4.58. The van der Waals surface area contributed by atoms with Gasteiger partial charge in [0.05, 0.1) is 6.54 Å². The molecule has 3 nitrogen and oxygen atoms in total. The van der Waals surface area contributed by atoms with Gasteiger partial charge in [-0.3, -0.25) is 14.6 Å². The van der Waals surface area contributed by atoms with E-state index >= 15 is 0 Å². The number of ketones is 1. The number of hydrogen-bond acceptors (Lipinski definition) is 3.